The number of hydrogen-bond acceptors (Lipinski definition) is 6. The average Bonchev–Trinajstić information content (AvgIpc) is 2.96. The van der Waals surface area contributed by atoms with E-state index in [1.807, 2.05) is 67.4 Å². The van der Waals surface area contributed by atoms with Gasteiger partial charge < -0.3 is 20.0 Å². The normalized spacial score (nSPS) is 15.1. The van der Waals surface area contributed by atoms with Crippen LogP contribution in [0.15, 0.2) is 42.5 Å². The van der Waals surface area contributed by atoms with Crippen LogP contribution in [0.4, 0.5) is 0 Å². The Morgan fingerprint density at radius 2 is 1.83 bits per heavy atom. The molecule has 5 nitrogen and oxygen atoms in total. The van der Waals surface area contributed by atoms with Crippen LogP contribution < -0.4 is 29.3 Å². The molecular formula is C33H46LiNO4S2. The summed E-state index contributed by atoms with van der Waals surface area (Å²) in [6.07, 6.45) is 12.7. The van der Waals surface area contributed by atoms with Crippen LogP contribution in [0.5, 0.6) is 0 Å². The summed E-state index contributed by atoms with van der Waals surface area (Å²) in [5.74, 6) is 1.91. The molecule has 0 unspecified atom stereocenters. The summed E-state index contributed by atoms with van der Waals surface area (Å²) >= 11 is 3.54. The molecule has 0 aromatic heterocycles. The number of thioether (sulfide) groups is 2. The number of amides is 1. The second-order valence-electron chi connectivity index (χ2n) is 10.9. The number of carboxylic acid groups (broad SMARTS) is 1. The molecular weight excluding hydrogens is 545 g/mol. The van der Waals surface area contributed by atoms with Gasteiger partial charge in [0.2, 0.25) is 0 Å². The molecule has 0 saturated heterocycles. The molecule has 0 radical (unpaired) electrons. The van der Waals surface area contributed by atoms with Gasteiger partial charge >= 0.3 is 18.9 Å². The summed E-state index contributed by atoms with van der Waals surface area (Å²) in [7, 11) is 0. The molecule has 220 valence electrons. The Morgan fingerprint density at radius 3 is 2.51 bits per heavy atom. The smallest absolute Gasteiger partial charge is 0.548 e. The fourth-order valence-electron chi connectivity index (χ4n) is 5.35. The van der Waals surface area contributed by atoms with Gasteiger partial charge in [0.25, 0.3) is 5.91 Å². The van der Waals surface area contributed by atoms with Gasteiger partial charge in [-0.1, -0.05) is 75.8 Å². The van der Waals surface area contributed by atoms with Gasteiger partial charge in [0, 0.05) is 11.3 Å². The summed E-state index contributed by atoms with van der Waals surface area (Å²) in [5.41, 5.74) is 4.27. The fourth-order valence-corrected chi connectivity index (χ4v) is 6.98. The van der Waals surface area contributed by atoms with Crippen LogP contribution in [0.3, 0.4) is 0 Å². The maximum Gasteiger partial charge on any atom is 1.00 e. The average molecular weight is 592 g/mol. The Hall–Kier alpha value is -1.36. The van der Waals surface area contributed by atoms with Crippen LogP contribution in [0.1, 0.15) is 86.2 Å². The number of nitrogens with one attached hydrogen (secondary N) is 1. The minimum absolute atomic E-state index is 0. The summed E-state index contributed by atoms with van der Waals surface area (Å²) in [5, 5.41) is 14.4. The number of unbranched alkanes of at least 4 members (excludes halogenated alkanes) is 1. The van der Waals surface area contributed by atoms with Gasteiger partial charge in [0.1, 0.15) is 0 Å². The maximum absolute atomic E-state index is 13.4. The van der Waals surface area contributed by atoms with E-state index in [9.17, 15) is 14.7 Å². The predicted octanol–water partition coefficient (Wildman–Crippen LogP) is 3.66. The second-order valence-corrected chi connectivity index (χ2v) is 13.1. The molecule has 8 heteroatoms. The van der Waals surface area contributed by atoms with Crippen molar-refractivity contribution in [1.82, 2.24) is 5.32 Å². The minimum atomic E-state index is -1.26. The fraction of sp³-hybridized carbons (Fsp3) is 0.576. The van der Waals surface area contributed by atoms with E-state index in [0.717, 1.165) is 40.3 Å². The van der Waals surface area contributed by atoms with Crippen molar-refractivity contribution in [3.8, 4) is 11.1 Å². The van der Waals surface area contributed by atoms with Gasteiger partial charge in [-0.3, -0.25) is 4.79 Å². The monoisotopic (exact) mass is 591 g/mol. The molecule has 2 aromatic carbocycles. The molecule has 0 spiro atoms. The van der Waals surface area contributed by atoms with Crippen molar-refractivity contribution in [1.29, 1.82) is 0 Å². The number of benzene rings is 2. The number of carbonyl (C=O) groups excluding carboxylic acids is 2. The third-order valence-electron chi connectivity index (χ3n) is 7.72. The van der Waals surface area contributed by atoms with E-state index in [4.69, 9.17) is 4.74 Å². The number of rotatable bonds is 17. The van der Waals surface area contributed by atoms with E-state index in [1.165, 1.54) is 50.7 Å². The molecule has 1 saturated carbocycles. The first-order valence-corrected chi connectivity index (χ1v) is 17.4. The number of carbonyl (C=O) groups is 2. The number of aryl methyl sites for hydroxylation is 1. The molecule has 1 fully saturated rings. The van der Waals surface area contributed by atoms with Crippen LogP contribution in [-0.2, 0) is 16.1 Å². The Bertz CT molecular complexity index is 1080. The Morgan fingerprint density at radius 1 is 1.07 bits per heavy atom. The van der Waals surface area contributed by atoms with Crippen molar-refractivity contribution in [3.63, 3.8) is 0 Å². The van der Waals surface area contributed by atoms with Crippen LogP contribution in [0, 0.1) is 12.8 Å². The standard InChI is InChI=1S/C33H47NO4S2.Li/c1-4-5-18-40-23-27(20-25-12-7-6-8-13-25)38-22-26-15-16-29(30(21-26)28-14-10-9-11-24(28)2)32(35)34-31(33(36)37)17-19-39-3;/h9-11,14-16,21,25,27,31H,4-8,12-13,17-20,22-23H2,1-3H3,(H,34,35)(H,36,37);/q;+1/p-1/t27-,31-;/m0./s1. The first kappa shape index (κ1) is 35.8. The molecule has 0 aliphatic heterocycles. The Kier molecular flexibility index (Phi) is 17.3. The molecule has 2 atom stereocenters. The Balaban J connectivity index is 0.00000588. The van der Waals surface area contributed by atoms with Crippen LogP contribution in [-0.4, -0.2) is 47.5 Å². The van der Waals surface area contributed by atoms with Crippen LogP contribution in [0.2, 0.25) is 0 Å². The second kappa shape index (κ2) is 19.8. The molecule has 41 heavy (non-hydrogen) atoms. The molecule has 3 rings (SSSR count). The molecule has 0 bridgehead atoms. The molecule has 1 aliphatic carbocycles. The Labute approximate surface area is 267 Å². The first-order chi connectivity index (χ1) is 19.4. The minimum Gasteiger partial charge on any atom is -0.548 e. The SMILES string of the molecule is CCCCSC[C@H](CC1CCCCC1)OCc1ccc(C(=O)N[C@@H](CCSC)C(=O)[O-])c(-c2ccccc2C)c1.[Li+]. The number of ether oxygens (including phenoxy) is 1. The van der Waals surface area contributed by atoms with Gasteiger partial charge in [0.05, 0.1) is 24.7 Å². The van der Waals surface area contributed by atoms with Crippen LogP contribution >= 0.6 is 23.5 Å². The number of hydrogen-bond donors (Lipinski definition) is 1. The molecule has 1 aliphatic rings. The zero-order valence-corrected chi connectivity index (χ0v) is 27.0. The van der Waals surface area contributed by atoms with Crippen molar-refractivity contribution in [2.75, 3.05) is 23.5 Å². The quantitative estimate of drug-likeness (QED) is 0.224. The molecule has 0 heterocycles. The van der Waals surface area contributed by atoms with E-state index in [0.29, 0.717) is 24.3 Å². The zero-order chi connectivity index (χ0) is 28.7. The van der Waals surface area contributed by atoms with Crippen molar-refractivity contribution in [2.24, 2.45) is 5.92 Å². The predicted molar refractivity (Wildman–Crippen MR) is 168 cm³/mol. The summed E-state index contributed by atoms with van der Waals surface area (Å²) < 4.78 is 6.56. The van der Waals surface area contributed by atoms with E-state index in [1.54, 1.807) is 11.8 Å². The summed E-state index contributed by atoms with van der Waals surface area (Å²) in [4.78, 5) is 25.0. The maximum atomic E-state index is 13.4. The van der Waals surface area contributed by atoms with E-state index in [-0.39, 0.29) is 25.0 Å². The van der Waals surface area contributed by atoms with Crippen molar-refractivity contribution in [3.05, 3.63) is 59.2 Å². The largest absolute Gasteiger partial charge is 1.00 e. The van der Waals surface area contributed by atoms with Crippen molar-refractivity contribution in [2.45, 2.75) is 90.4 Å². The zero-order valence-electron chi connectivity index (χ0n) is 25.4. The summed E-state index contributed by atoms with van der Waals surface area (Å²) in [6.45, 7) is 4.74. The molecule has 1 amide bonds. The third-order valence-corrected chi connectivity index (χ3v) is 9.55. The van der Waals surface area contributed by atoms with E-state index >= 15 is 0 Å². The van der Waals surface area contributed by atoms with Crippen LogP contribution in [0.25, 0.3) is 11.1 Å². The third kappa shape index (κ3) is 12.0. The topological polar surface area (TPSA) is 78.5 Å². The van der Waals surface area contributed by atoms with Gasteiger partial charge in [0.15, 0.2) is 0 Å². The number of carboxylic acids is 1. The number of aliphatic carboxylic acids is 1. The van der Waals surface area contributed by atoms with Crippen molar-refractivity contribution >= 4 is 35.4 Å². The summed E-state index contributed by atoms with van der Waals surface area (Å²) in [6, 6.07) is 12.7. The van der Waals surface area contributed by atoms with Gasteiger partial charge in [-0.15, -0.1) is 0 Å². The molecule has 2 aromatic rings. The van der Waals surface area contributed by atoms with Crippen molar-refractivity contribution < 1.29 is 38.3 Å². The first-order valence-electron chi connectivity index (χ1n) is 14.8. The van der Waals surface area contributed by atoms with E-state index in [2.05, 4.69) is 12.2 Å². The molecule has 1 N–H and O–H groups in total. The van der Waals surface area contributed by atoms with Gasteiger partial charge in [-0.25, -0.2) is 0 Å². The van der Waals surface area contributed by atoms with Gasteiger partial charge in [-0.05, 0) is 84.3 Å². The van der Waals surface area contributed by atoms with E-state index < -0.39 is 17.9 Å². The van der Waals surface area contributed by atoms with Gasteiger partial charge in [-0.2, -0.15) is 23.5 Å².